The molecule has 0 aromatic rings. The van der Waals surface area contributed by atoms with Crippen LogP contribution in [0.4, 0.5) is 0 Å². The van der Waals surface area contributed by atoms with E-state index in [-0.39, 0.29) is 12.3 Å². The van der Waals surface area contributed by atoms with Crippen LogP contribution < -0.4 is 11.1 Å². The van der Waals surface area contributed by atoms with Crippen LogP contribution in [0.1, 0.15) is 19.3 Å². The van der Waals surface area contributed by atoms with E-state index in [2.05, 4.69) is 5.32 Å². The molecule has 0 saturated carbocycles. The van der Waals surface area contributed by atoms with Crippen molar-refractivity contribution in [2.75, 3.05) is 0 Å². The Hall–Kier alpha value is -1.58. The molecule has 70 valence electrons. The summed E-state index contributed by atoms with van der Waals surface area (Å²) in [4.78, 5) is 21.4. The SMILES string of the molecule is NC(=O)CC(=O)NC1=CCCC=C1. The number of rotatable bonds is 3. The predicted octanol–water partition coefficient (Wildman–Crippen LogP) is 0.212. The average Bonchev–Trinajstić information content (AvgIpc) is 2.04. The van der Waals surface area contributed by atoms with Crippen molar-refractivity contribution in [3.8, 4) is 0 Å². The molecule has 0 unspecified atom stereocenters. The standard InChI is InChI=1S/C9H12N2O2/c10-8(12)6-9(13)11-7-4-2-1-3-5-7/h2,4-5H,1,3,6H2,(H2,10,12)(H,11,13). The zero-order chi connectivity index (χ0) is 9.68. The van der Waals surface area contributed by atoms with E-state index in [1.807, 2.05) is 18.2 Å². The molecule has 2 amide bonds. The third kappa shape index (κ3) is 3.55. The Morgan fingerprint density at radius 2 is 2.23 bits per heavy atom. The zero-order valence-corrected chi connectivity index (χ0v) is 7.25. The number of carbonyl (C=O) groups is 2. The fraction of sp³-hybridized carbons (Fsp3) is 0.333. The van der Waals surface area contributed by atoms with E-state index in [1.54, 1.807) is 0 Å². The van der Waals surface area contributed by atoms with Crippen molar-refractivity contribution in [2.45, 2.75) is 19.3 Å². The predicted molar refractivity (Wildman–Crippen MR) is 48.4 cm³/mol. The van der Waals surface area contributed by atoms with Gasteiger partial charge in [-0.25, -0.2) is 0 Å². The van der Waals surface area contributed by atoms with Crippen molar-refractivity contribution < 1.29 is 9.59 Å². The van der Waals surface area contributed by atoms with Crippen LogP contribution in [0.15, 0.2) is 23.9 Å². The van der Waals surface area contributed by atoms with Gasteiger partial charge in [0.1, 0.15) is 6.42 Å². The summed E-state index contributed by atoms with van der Waals surface area (Å²) < 4.78 is 0. The fourth-order valence-corrected chi connectivity index (χ4v) is 1.07. The molecule has 0 aromatic carbocycles. The van der Waals surface area contributed by atoms with Crippen LogP contribution in [-0.2, 0) is 9.59 Å². The summed E-state index contributed by atoms with van der Waals surface area (Å²) in [5.41, 5.74) is 5.61. The number of carbonyl (C=O) groups excluding carboxylic acids is 2. The third-order valence-corrected chi connectivity index (χ3v) is 1.61. The number of nitrogens with one attached hydrogen (secondary N) is 1. The van der Waals surface area contributed by atoms with Crippen LogP contribution in [0.2, 0.25) is 0 Å². The first kappa shape index (κ1) is 9.51. The summed E-state index contributed by atoms with van der Waals surface area (Å²) in [5, 5.41) is 2.58. The highest BCUT2D eigenvalue weighted by molar-refractivity contribution is 5.96. The smallest absolute Gasteiger partial charge is 0.233 e. The molecule has 0 saturated heterocycles. The first-order valence-corrected chi connectivity index (χ1v) is 4.13. The van der Waals surface area contributed by atoms with E-state index in [0.29, 0.717) is 0 Å². The monoisotopic (exact) mass is 180 g/mol. The number of amides is 2. The Labute approximate surface area is 76.5 Å². The lowest BCUT2D eigenvalue weighted by Gasteiger charge is -2.07. The van der Waals surface area contributed by atoms with E-state index < -0.39 is 5.91 Å². The Morgan fingerprint density at radius 1 is 1.46 bits per heavy atom. The van der Waals surface area contributed by atoms with E-state index in [1.165, 1.54) is 0 Å². The minimum absolute atomic E-state index is 0.259. The molecule has 13 heavy (non-hydrogen) atoms. The highest BCUT2D eigenvalue weighted by Crippen LogP contribution is 2.06. The molecule has 0 fully saturated rings. The van der Waals surface area contributed by atoms with Gasteiger partial charge >= 0.3 is 0 Å². The molecule has 1 aliphatic carbocycles. The molecule has 1 aliphatic rings. The molecule has 0 heterocycles. The molecule has 3 N–H and O–H groups in total. The fourth-order valence-electron chi connectivity index (χ4n) is 1.07. The summed E-state index contributed by atoms with van der Waals surface area (Å²) in [6.45, 7) is 0. The van der Waals surface area contributed by atoms with E-state index in [9.17, 15) is 9.59 Å². The summed E-state index contributed by atoms with van der Waals surface area (Å²) in [5.74, 6) is -0.969. The van der Waals surface area contributed by atoms with E-state index in [4.69, 9.17) is 5.73 Å². The molecule has 4 heteroatoms. The zero-order valence-electron chi connectivity index (χ0n) is 7.25. The lowest BCUT2D eigenvalue weighted by atomic mass is 10.1. The maximum atomic E-state index is 11.0. The molecule has 0 bridgehead atoms. The first-order chi connectivity index (χ1) is 6.18. The van der Waals surface area contributed by atoms with Crippen LogP contribution in [-0.4, -0.2) is 11.8 Å². The van der Waals surface area contributed by atoms with Crippen molar-refractivity contribution in [2.24, 2.45) is 5.73 Å². The van der Waals surface area contributed by atoms with Gasteiger partial charge in [0.15, 0.2) is 0 Å². The minimum atomic E-state index is -0.613. The third-order valence-electron chi connectivity index (χ3n) is 1.61. The molecular formula is C9H12N2O2. The highest BCUT2D eigenvalue weighted by atomic mass is 16.2. The molecule has 4 nitrogen and oxygen atoms in total. The summed E-state index contributed by atoms with van der Waals surface area (Å²) in [6, 6.07) is 0. The molecule has 0 atom stereocenters. The van der Waals surface area contributed by atoms with E-state index >= 15 is 0 Å². The maximum absolute atomic E-state index is 11.0. The van der Waals surface area contributed by atoms with Gasteiger partial charge in [-0.3, -0.25) is 9.59 Å². The van der Waals surface area contributed by atoms with Gasteiger partial charge in [0, 0.05) is 5.70 Å². The van der Waals surface area contributed by atoms with Gasteiger partial charge in [-0.2, -0.15) is 0 Å². The van der Waals surface area contributed by atoms with Gasteiger partial charge in [0.25, 0.3) is 0 Å². The molecule has 1 rings (SSSR count). The number of allylic oxidation sites excluding steroid dienone is 3. The normalized spacial score (nSPS) is 14.9. The van der Waals surface area contributed by atoms with Crippen LogP contribution in [0.3, 0.4) is 0 Å². The van der Waals surface area contributed by atoms with Crippen LogP contribution in [0, 0.1) is 0 Å². The topological polar surface area (TPSA) is 72.2 Å². The maximum Gasteiger partial charge on any atom is 0.233 e. The Kier molecular flexibility index (Phi) is 3.25. The van der Waals surface area contributed by atoms with Crippen LogP contribution in [0.5, 0.6) is 0 Å². The Morgan fingerprint density at radius 3 is 2.77 bits per heavy atom. The second kappa shape index (κ2) is 4.45. The number of primary amides is 1. The lowest BCUT2D eigenvalue weighted by molar-refractivity contribution is -0.127. The van der Waals surface area contributed by atoms with Crippen molar-refractivity contribution in [1.29, 1.82) is 0 Å². The highest BCUT2D eigenvalue weighted by Gasteiger charge is 2.06. The Bertz CT molecular complexity index is 279. The molecule has 0 aromatic heterocycles. The van der Waals surface area contributed by atoms with Crippen molar-refractivity contribution in [3.63, 3.8) is 0 Å². The van der Waals surface area contributed by atoms with Gasteiger partial charge in [0.05, 0.1) is 0 Å². The van der Waals surface area contributed by atoms with E-state index in [0.717, 1.165) is 18.5 Å². The Balaban J connectivity index is 2.40. The number of hydrogen-bond acceptors (Lipinski definition) is 2. The minimum Gasteiger partial charge on any atom is -0.369 e. The quantitative estimate of drug-likeness (QED) is 0.609. The molecule has 0 spiro atoms. The summed E-state index contributed by atoms with van der Waals surface area (Å²) >= 11 is 0. The number of hydrogen-bond donors (Lipinski definition) is 2. The summed E-state index contributed by atoms with van der Waals surface area (Å²) in [6.07, 6.45) is 7.37. The lowest BCUT2D eigenvalue weighted by Crippen LogP contribution is -2.27. The van der Waals surface area contributed by atoms with Crippen LogP contribution in [0.25, 0.3) is 0 Å². The molecule has 0 radical (unpaired) electrons. The second-order valence-electron chi connectivity index (χ2n) is 2.83. The number of nitrogens with two attached hydrogens (primary N) is 1. The first-order valence-electron chi connectivity index (χ1n) is 4.13. The average molecular weight is 180 g/mol. The van der Waals surface area contributed by atoms with Gasteiger partial charge < -0.3 is 11.1 Å². The second-order valence-corrected chi connectivity index (χ2v) is 2.83. The van der Waals surface area contributed by atoms with Gasteiger partial charge in [-0.05, 0) is 18.9 Å². The van der Waals surface area contributed by atoms with Gasteiger partial charge in [-0.15, -0.1) is 0 Å². The van der Waals surface area contributed by atoms with Crippen molar-refractivity contribution in [3.05, 3.63) is 23.9 Å². The van der Waals surface area contributed by atoms with Crippen LogP contribution >= 0.6 is 0 Å². The summed E-state index contributed by atoms with van der Waals surface area (Å²) in [7, 11) is 0. The molecule has 0 aliphatic heterocycles. The van der Waals surface area contributed by atoms with Gasteiger partial charge in [0.2, 0.25) is 11.8 Å². The van der Waals surface area contributed by atoms with Crippen molar-refractivity contribution >= 4 is 11.8 Å². The molecular weight excluding hydrogens is 168 g/mol. The van der Waals surface area contributed by atoms with Gasteiger partial charge in [-0.1, -0.05) is 12.2 Å². The van der Waals surface area contributed by atoms with Crippen molar-refractivity contribution in [1.82, 2.24) is 5.32 Å². The largest absolute Gasteiger partial charge is 0.369 e.